The molecular weight excluding hydrogens is 162 g/mol. The molecule has 2 nitrogen and oxygen atoms in total. The van der Waals surface area contributed by atoms with Gasteiger partial charge in [0.2, 0.25) is 0 Å². The van der Waals surface area contributed by atoms with Crippen molar-refractivity contribution in [1.29, 1.82) is 0 Å². The lowest BCUT2D eigenvalue weighted by Gasteiger charge is -2.37. The van der Waals surface area contributed by atoms with Gasteiger partial charge in [-0.25, -0.2) is 0 Å². The molecule has 1 N–H and O–H groups in total. The van der Waals surface area contributed by atoms with Crippen LogP contribution >= 0.6 is 0 Å². The molecule has 3 atom stereocenters. The fourth-order valence-electron chi connectivity index (χ4n) is 1.63. The van der Waals surface area contributed by atoms with Gasteiger partial charge in [0.15, 0.2) is 0 Å². The van der Waals surface area contributed by atoms with E-state index < -0.39 is 5.60 Å². The summed E-state index contributed by atoms with van der Waals surface area (Å²) < 4.78 is 0. The minimum atomic E-state index is -0.543. The smallest absolute Gasteiger partial charge is 0.0682 e. The number of aliphatic hydroxyl groups is 1. The van der Waals surface area contributed by atoms with Gasteiger partial charge < -0.3 is 10.0 Å². The van der Waals surface area contributed by atoms with E-state index in [-0.39, 0.29) is 0 Å². The van der Waals surface area contributed by atoms with Crippen LogP contribution in [0.2, 0.25) is 0 Å². The van der Waals surface area contributed by atoms with E-state index in [9.17, 15) is 5.11 Å². The van der Waals surface area contributed by atoms with Crippen LogP contribution in [0.15, 0.2) is 0 Å². The number of nitrogens with zero attached hydrogens (tertiary/aromatic N) is 1. The Morgan fingerprint density at radius 1 is 1.23 bits per heavy atom. The molecule has 2 heteroatoms. The Kier molecular flexibility index (Phi) is 4.93. The topological polar surface area (TPSA) is 23.5 Å². The molecule has 0 amide bonds. The molecule has 0 aliphatic heterocycles. The van der Waals surface area contributed by atoms with Crippen molar-refractivity contribution in [3.8, 4) is 0 Å². The highest BCUT2D eigenvalue weighted by atomic mass is 16.3. The second kappa shape index (κ2) is 4.97. The monoisotopic (exact) mass is 187 g/mol. The van der Waals surface area contributed by atoms with Gasteiger partial charge >= 0.3 is 0 Å². The number of hydrogen-bond acceptors (Lipinski definition) is 2. The average molecular weight is 187 g/mol. The van der Waals surface area contributed by atoms with E-state index in [2.05, 4.69) is 25.7 Å². The van der Waals surface area contributed by atoms with Crippen LogP contribution in [-0.4, -0.2) is 36.2 Å². The number of rotatable bonds is 5. The largest absolute Gasteiger partial charge is 0.390 e. The molecule has 0 bridgehead atoms. The first-order chi connectivity index (χ1) is 5.82. The standard InChI is InChI=1S/C11H25NO/c1-7-9(2)11(4,13)10(3)8-12(5)6/h9-10,13H,7-8H2,1-6H3. The van der Waals surface area contributed by atoms with Gasteiger partial charge in [-0.15, -0.1) is 0 Å². The van der Waals surface area contributed by atoms with Gasteiger partial charge in [-0.05, 0) is 32.9 Å². The number of hydrogen-bond donors (Lipinski definition) is 1. The summed E-state index contributed by atoms with van der Waals surface area (Å²) in [5.74, 6) is 0.680. The minimum Gasteiger partial charge on any atom is -0.390 e. The van der Waals surface area contributed by atoms with Crippen LogP contribution in [0.1, 0.15) is 34.1 Å². The molecule has 13 heavy (non-hydrogen) atoms. The summed E-state index contributed by atoms with van der Waals surface area (Å²) >= 11 is 0. The maximum Gasteiger partial charge on any atom is 0.0682 e. The third-order valence-electron chi connectivity index (χ3n) is 3.25. The molecule has 0 aromatic rings. The zero-order valence-electron chi connectivity index (χ0n) is 9.96. The van der Waals surface area contributed by atoms with Crippen LogP contribution < -0.4 is 0 Å². The van der Waals surface area contributed by atoms with E-state index in [4.69, 9.17) is 0 Å². The summed E-state index contributed by atoms with van der Waals surface area (Å²) in [5, 5.41) is 10.3. The SMILES string of the molecule is CCC(C)C(C)(O)C(C)CN(C)C. The predicted octanol–water partition coefficient (Wildman–Crippen LogP) is 1.98. The maximum absolute atomic E-state index is 10.3. The van der Waals surface area contributed by atoms with Gasteiger partial charge in [-0.1, -0.05) is 27.2 Å². The summed E-state index contributed by atoms with van der Waals surface area (Å²) in [6.07, 6.45) is 1.03. The average Bonchev–Trinajstić information content (AvgIpc) is 2.01. The molecule has 0 saturated carbocycles. The van der Waals surface area contributed by atoms with Crippen LogP contribution in [0.25, 0.3) is 0 Å². The van der Waals surface area contributed by atoms with Crippen molar-refractivity contribution in [3.63, 3.8) is 0 Å². The van der Waals surface area contributed by atoms with E-state index in [1.54, 1.807) is 0 Å². The fourth-order valence-corrected chi connectivity index (χ4v) is 1.63. The summed E-state index contributed by atoms with van der Waals surface area (Å²) in [4.78, 5) is 2.13. The van der Waals surface area contributed by atoms with Crippen LogP contribution in [0.5, 0.6) is 0 Å². The molecule has 0 aromatic carbocycles. The van der Waals surface area contributed by atoms with Gasteiger partial charge in [-0.3, -0.25) is 0 Å². The van der Waals surface area contributed by atoms with E-state index >= 15 is 0 Å². The summed E-state index contributed by atoms with van der Waals surface area (Å²) in [6, 6.07) is 0. The Morgan fingerprint density at radius 2 is 1.69 bits per heavy atom. The normalized spacial score (nSPS) is 21.2. The first kappa shape index (κ1) is 12.9. The third kappa shape index (κ3) is 3.65. The Hall–Kier alpha value is -0.0800. The van der Waals surface area contributed by atoms with E-state index in [1.807, 2.05) is 21.0 Å². The highest BCUT2D eigenvalue weighted by molar-refractivity contribution is 4.84. The second-order valence-electron chi connectivity index (χ2n) is 4.70. The lowest BCUT2D eigenvalue weighted by atomic mass is 9.79. The predicted molar refractivity (Wildman–Crippen MR) is 57.8 cm³/mol. The van der Waals surface area contributed by atoms with Crippen molar-refractivity contribution < 1.29 is 5.11 Å². The fraction of sp³-hybridized carbons (Fsp3) is 1.00. The Labute approximate surface area is 82.9 Å². The molecular formula is C11H25NO. The summed E-state index contributed by atoms with van der Waals surface area (Å²) in [6.45, 7) is 9.26. The minimum absolute atomic E-state index is 0.317. The lowest BCUT2D eigenvalue weighted by Crippen LogP contribution is -2.43. The molecule has 0 heterocycles. The molecule has 0 fully saturated rings. The third-order valence-corrected chi connectivity index (χ3v) is 3.25. The van der Waals surface area contributed by atoms with Crippen molar-refractivity contribution in [2.75, 3.05) is 20.6 Å². The molecule has 0 rings (SSSR count). The zero-order chi connectivity index (χ0) is 10.6. The molecule has 0 saturated heterocycles. The summed E-state index contributed by atoms with van der Waals surface area (Å²) in [5.41, 5.74) is -0.543. The molecule has 0 aromatic heterocycles. The van der Waals surface area contributed by atoms with Crippen molar-refractivity contribution >= 4 is 0 Å². The Morgan fingerprint density at radius 3 is 2.00 bits per heavy atom. The lowest BCUT2D eigenvalue weighted by molar-refractivity contribution is -0.0495. The first-order valence-electron chi connectivity index (χ1n) is 5.19. The second-order valence-corrected chi connectivity index (χ2v) is 4.70. The molecule has 80 valence electrons. The summed E-state index contributed by atoms with van der Waals surface area (Å²) in [7, 11) is 4.09. The molecule has 0 aliphatic rings. The van der Waals surface area contributed by atoms with Crippen LogP contribution in [0, 0.1) is 11.8 Å². The highest BCUT2D eigenvalue weighted by Gasteiger charge is 2.33. The van der Waals surface area contributed by atoms with Crippen molar-refractivity contribution in [2.45, 2.75) is 39.7 Å². The molecule has 0 radical (unpaired) electrons. The van der Waals surface area contributed by atoms with Crippen molar-refractivity contribution in [2.24, 2.45) is 11.8 Å². The van der Waals surface area contributed by atoms with Gasteiger partial charge in [0.05, 0.1) is 5.60 Å². The van der Waals surface area contributed by atoms with Crippen LogP contribution in [0.4, 0.5) is 0 Å². The highest BCUT2D eigenvalue weighted by Crippen LogP contribution is 2.28. The first-order valence-corrected chi connectivity index (χ1v) is 5.19. The molecule has 0 aliphatic carbocycles. The van der Waals surface area contributed by atoms with Crippen molar-refractivity contribution in [1.82, 2.24) is 4.90 Å². The van der Waals surface area contributed by atoms with Crippen LogP contribution in [-0.2, 0) is 0 Å². The maximum atomic E-state index is 10.3. The van der Waals surface area contributed by atoms with E-state index in [0.29, 0.717) is 11.8 Å². The zero-order valence-corrected chi connectivity index (χ0v) is 9.96. The van der Waals surface area contributed by atoms with Crippen molar-refractivity contribution in [3.05, 3.63) is 0 Å². The van der Waals surface area contributed by atoms with E-state index in [0.717, 1.165) is 13.0 Å². The van der Waals surface area contributed by atoms with Gasteiger partial charge in [0.25, 0.3) is 0 Å². The van der Waals surface area contributed by atoms with Gasteiger partial charge in [-0.2, -0.15) is 0 Å². The van der Waals surface area contributed by atoms with Gasteiger partial charge in [0, 0.05) is 6.54 Å². The molecule has 3 unspecified atom stereocenters. The Balaban J connectivity index is 4.25. The Bertz CT molecular complexity index is 143. The van der Waals surface area contributed by atoms with Crippen LogP contribution in [0.3, 0.4) is 0 Å². The molecule has 0 spiro atoms. The van der Waals surface area contributed by atoms with E-state index in [1.165, 1.54) is 0 Å². The quantitative estimate of drug-likeness (QED) is 0.711. The van der Waals surface area contributed by atoms with Gasteiger partial charge in [0.1, 0.15) is 0 Å².